The van der Waals surface area contributed by atoms with Gasteiger partial charge in [-0.05, 0) is 20.3 Å². The van der Waals surface area contributed by atoms with Crippen LogP contribution in [0.25, 0.3) is 0 Å². The van der Waals surface area contributed by atoms with E-state index in [0.29, 0.717) is 6.42 Å². The highest BCUT2D eigenvalue weighted by atomic mass is 16.5. The Bertz CT molecular complexity index is 182. The van der Waals surface area contributed by atoms with Gasteiger partial charge in [0.15, 0.2) is 0 Å². The zero-order chi connectivity index (χ0) is 10.5. The number of nitrogens with two attached hydrogens (primary N) is 1. The Hall–Kier alpha value is -0.830. The largest absolute Gasteiger partial charge is 0.459 e. The Balaban J connectivity index is 4.04. The number of hydrogen-bond donors (Lipinski definition) is 1. The van der Waals surface area contributed by atoms with E-state index in [-0.39, 0.29) is 17.6 Å². The van der Waals surface area contributed by atoms with Crippen molar-refractivity contribution >= 4 is 5.97 Å². The SMILES string of the molecule is C=CC(=O)OC(CC)CC(C)(C)N. The molecule has 0 rings (SSSR count). The van der Waals surface area contributed by atoms with E-state index in [9.17, 15) is 4.79 Å². The van der Waals surface area contributed by atoms with E-state index in [4.69, 9.17) is 10.5 Å². The molecule has 2 N–H and O–H groups in total. The molecule has 0 aromatic carbocycles. The van der Waals surface area contributed by atoms with Gasteiger partial charge in [0.25, 0.3) is 0 Å². The molecule has 3 heteroatoms. The predicted octanol–water partition coefficient (Wildman–Crippen LogP) is 1.62. The molecular weight excluding hydrogens is 166 g/mol. The summed E-state index contributed by atoms with van der Waals surface area (Å²) in [7, 11) is 0. The summed E-state index contributed by atoms with van der Waals surface area (Å²) in [5.41, 5.74) is 5.51. The van der Waals surface area contributed by atoms with Crippen LogP contribution in [0.15, 0.2) is 12.7 Å². The molecule has 76 valence electrons. The molecule has 0 aliphatic carbocycles. The lowest BCUT2D eigenvalue weighted by Gasteiger charge is -2.24. The quantitative estimate of drug-likeness (QED) is 0.523. The molecule has 1 atom stereocenters. The first-order valence-corrected chi connectivity index (χ1v) is 4.51. The van der Waals surface area contributed by atoms with Gasteiger partial charge in [-0.15, -0.1) is 0 Å². The van der Waals surface area contributed by atoms with Gasteiger partial charge >= 0.3 is 5.97 Å². The lowest BCUT2D eigenvalue weighted by molar-refractivity contribution is -0.143. The highest BCUT2D eigenvalue weighted by Gasteiger charge is 2.19. The molecule has 0 aliphatic heterocycles. The van der Waals surface area contributed by atoms with Gasteiger partial charge in [0.05, 0.1) is 0 Å². The average molecular weight is 185 g/mol. The van der Waals surface area contributed by atoms with Crippen LogP contribution >= 0.6 is 0 Å². The molecule has 0 spiro atoms. The van der Waals surface area contributed by atoms with E-state index < -0.39 is 0 Å². The second kappa shape index (κ2) is 5.02. The van der Waals surface area contributed by atoms with Crippen molar-refractivity contribution in [2.24, 2.45) is 5.73 Å². The lowest BCUT2D eigenvalue weighted by atomic mass is 9.97. The predicted molar refractivity (Wildman–Crippen MR) is 53.3 cm³/mol. The van der Waals surface area contributed by atoms with Gasteiger partial charge in [-0.25, -0.2) is 4.79 Å². The van der Waals surface area contributed by atoms with Crippen molar-refractivity contribution in [3.05, 3.63) is 12.7 Å². The minimum atomic E-state index is -0.379. The molecule has 1 unspecified atom stereocenters. The minimum Gasteiger partial charge on any atom is -0.459 e. The van der Waals surface area contributed by atoms with Crippen LogP contribution in [0.4, 0.5) is 0 Å². The smallest absolute Gasteiger partial charge is 0.330 e. The molecule has 0 saturated heterocycles. The second-order valence-corrected chi connectivity index (χ2v) is 3.86. The highest BCUT2D eigenvalue weighted by molar-refractivity contribution is 5.81. The maximum absolute atomic E-state index is 10.9. The Morgan fingerprint density at radius 3 is 2.54 bits per heavy atom. The second-order valence-electron chi connectivity index (χ2n) is 3.86. The molecule has 0 heterocycles. The topological polar surface area (TPSA) is 52.3 Å². The summed E-state index contributed by atoms with van der Waals surface area (Å²) in [6.07, 6.45) is 2.51. The van der Waals surface area contributed by atoms with Crippen LogP contribution in [0.1, 0.15) is 33.6 Å². The monoisotopic (exact) mass is 185 g/mol. The minimum absolute atomic E-state index is 0.106. The Kier molecular flexibility index (Phi) is 4.70. The molecule has 0 aliphatic rings. The molecule has 0 radical (unpaired) electrons. The van der Waals surface area contributed by atoms with Gasteiger partial charge < -0.3 is 10.5 Å². The molecule has 3 nitrogen and oxygen atoms in total. The van der Waals surface area contributed by atoms with Gasteiger partial charge in [0, 0.05) is 18.0 Å². The highest BCUT2D eigenvalue weighted by Crippen LogP contribution is 2.13. The van der Waals surface area contributed by atoms with Crippen LogP contribution < -0.4 is 5.73 Å². The summed E-state index contributed by atoms with van der Waals surface area (Å²) < 4.78 is 5.09. The van der Waals surface area contributed by atoms with Crippen LogP contribution in [0, 0.1) is 0 Å². The first-order chi connectivity index (χ1) is 5.89. The molecule has 0 saturated carbocycles. The van der Waals surface area contributed by atoms with Crippen molar-refractivity contribution in [3.63, 3.8) is 0 Å². The summed E-state index contributed by atoms with van der Waals surface area (Å²) in [6, 6.07) is 0. The zero-order valence-electron chi connectivity index (χ0n) is 8.67. The van der Waals surface area contributed by atoms with Gasteiger partial charge in [-0.2, -0.15) is 0 Å². The Labute approximate surface area is 79.9 Å². The number of carbonyl (C=O) groups is 1. The van der Waals surface area contributed by atoms with Gasteiger partial charge in [-0.1, -0.05) is 13.5 Å². The maximum Gasteiger partial charge on any atom is 0.330 e. The fourth-order valence-corrected chi connectivity index (χ4v) is 1.07. The Morgan fingerprint density at radius 2 is 2.23 bits per heavy atom. The summed E-state index contributed by atoms with van der Waals surface area (Å²) in [5, 5.41) is 0. The van der Waals surface area contributed by atoms with E-state index in [0.717, 1.165) is 6.42 Å². The fourth-order valence-electron chi connectivity index (χ4n) is 1.07. The third-order valence-corrected chi connectivity index (χ3v) is 1.66. The van der Waals surface area contributed by atoms with Gasteiger partial charge in [0.1, 0.15) is 6.10 Å². The molecule has 0 bridgehead atoms. The molecule has 0 amide bonds. The zero-order valence-corrected chi connectivity index (χ0v) is 8.67. The van der Waals surface area contributed by atoms with Gasteiger partial charge in [-0.3, -0.25) is 0 Å². The number of esters is 1. The van der Waals surface area contributed by atoms with E-state index in [1.54, 1.807) is 0 Å². The summed E-state index contributed by atoms with van der Waals surface area (Å²) in [6.45, 7) is 9.13. The summed E-state index contributed by atoms with van der Waals surface area (Å²) >= 11 is 0. The summed E-state index contributed by atoms with van der Waals surface area (Å²) in [5.74, 6) is -0.379. The number of hydrogen-bond acceptors (Lipinski definition) is 3. The summed E-state index contributed by atoms with van der Waals surface area (Å²) in [4.78, 5) is 10.9. The maximum atomic E-state index is 10.9. The van der Waals surface area contributed by atoms with Crippen molar-refractivity contribution < 1.29 is 9.53 Å². The molecule has 0 fully saturated rings. The standard InChI is InChI=1S/C10H19NO2/c1-5-8(7-10(3,4)11)13-9(12)6-2/h6,8H,2,5,7,11H2,1,3-4H3. The average Bonchev–Trinajstić information content (AvgIpc) is 2.00. The first-order valence-electron chi connectivity index (χ1n) is 4.51. The van der Waals surface area contributed by atoms with Crippen molar-refractivity contribution in [1.82, 2.24) is 0 Å². The molecule has 0 aromatic heterocycles. The third-order valence-electron chi connectivity index (χ3n) is 1.66. The van der Waals surface area contributed by atoms with Crippen LogP contribution in [-0.4, -0.2) is 17.6 Å². The van der Waals surface area contributed by atoms with Gasteiger partial charge in [0.2, 0.25) is 0 Å². The van der Waals surface area contributed by atoms with E-state index in [1.165, 1.54) is 6.08 Å². The van der Waals surface area contributed by atoms with Crippen molar-refractivity contribution in [1.29, 1.82) is 0 Å². The normalized spacial score (nSPS) is 13.5. The van der Waals surface area contributed by atoms with Crippen LogP contribution in [0.5, 0.6) is 0 Å². The Morgan fingerprint density at radius 1 is 1.69 bits per heavy atom. The van der Waals surface area contributed by atoms with Crippen molar-refractivity contribution in [2.75, 3.05) is 0 Å². The van der Waals surface area contributed by atoms with E-state index >= 15 is 0 Å². The van der Waals surface area contributed by atoms with Crippen LogP contribution in [0.2, 0.25) is 0 Å². The van der Waals surface area contributed by atoms with Crippen molar-refractivity contribution in [2.45, 2.75) is 45.3 Å². The molecule has 13 heavy (non-hydrogen) atoms. The number of rotatable bonds is 5. The van der Waals surface area contributed by atoms with E-state index in [2.05, 4.69) is 6.58 Å². The third kappa shape index (κ3) is 6.34. The van der Waals surface area contributed by atoms with Crippen LogP contribution in [-0.2, 0) is 9.53 Å². The van der Waals surface area contributed by atoms with E-state index in [1.807, 2.05) is 20.8 Å². The lowest BCUT2D eigenvalue weighted by Crippen LogP contribution is -2.37. The first kappa shape index (κ1) is 12.2. The number of carbonyl (C=O) groups excluding carboxylic acids is 1. The van der Waals surface area contributed by atoms with Crippen molar-refractivity contribution in [3.8, 4) is 0 Å². The molecular formula is C10H19NO2. The van der Waals surface area contributed by atoms with Crippen LogP contribution in [0.3, 0.4) is 0 Å². The number of ether oxygens (including phenoxy) is 1. The fraction of sp³-hybridized carbons (Fsp3) is 0.700. The molecule has 0 aromatic rings.